The topological polar surface area (TPSA) is 29.9 Å². The van der Waals surface area contributed by atoms with Gasteiger partial charge in [-0.15, -0.1) is 0 Å². The highest BCUT2D eigenvalue weighted by Gasteiger charge is 2.07. The number of nitrogens with zero attached hydrogens (tertiary/aromatic N) is 2. The predicted molar refractivity (Wildman–Crippen MR) is 76.2 cm³/mol. The molecule has 0 bridgehead atoms. The van der Waals surface area contributed by atoms with Gasteiger partial charge in [-0.25, -0.2) is 4.98 Å². The fourth-order valence-corrected chi connectivity index (χ4v) is 2.42. The van der Waals surface area contributed by atoms with Crippen molar-refractivity contribution >= 4 is 17.3 Å². The lowest BCUT2D eigenvalue weighted by Crippen LogP contribution is -2.03. The van der Waals surface area contributed by atoms with Gasteiger partial charge in [-0.1, -0.05) is 11.6 Å². The van der Waals surface area contributed by atoms with Crippen molar-refractivity contribution in [2.75, 3.05) is 5.32 Å². The number of pyridine rings is 1. The smallest absolute Gasteiger partial charge is 0.131 e. The molecular weight excluding hydrogens is 246 g/mol. The molecule has 2 aromatic heterocycles. The zero-order valence-corrected chi connectivity index (χ0v) is 11.8. The highest BCUT2D eigenvalue weighted by atomic mass is 35.5. The normalized spacial score (nSPS) is 10.7. The van der Waals surface area contributed by atoms with E-state index >= 15 is 0 Å². The Morgan fingerprint density at radius 3 is 2.72 bits per heavy atom. The molecule has 0 unspecified atom stereocenters. The molecule has 0 saturated carbocycles. The molecule has 96 valence electrons. The second-order valence-corrected chi connectivity index (χ2v) is 4.75. The molecule has 18 heavy (non-hydrogen) atoms. The van der Waals surface area contributed by atoms with Gasteiger partial charge in [0.2, 0.25) is 0 Å². The van der Waals surface area contributed by atoms with Gasteiger partial charge >= 0.3 is 0 Å². The quantitative estimate of drug-likeness (QED) is 0.851. The number of hydrogen-bond acceptors (Lipinski definition) is 2. The standard InChI is InChI=1S/C14H18ClN3/c1-4-18-10(2)7-12(11(18)3)9-17-13-5-6-16-14(15)8-13/h5-8H,4,9H2,1-3H3,(H,16,17). The number of anilines is 1. The summed E-state index contributed by atoms with van der Waals surface area (Å²) >= 11 is 5.85. The minimum atomic E-state index is 0.513. The molecule has 0 aliphatic rings. The summed E-state index contributed by atoms with van der Waals surface area (Å²) in [7, 11) is 0. The number of aryl methyl sites for hydroxylation is 1. The predicted octanol–water partition coefficient (Wildman–Crippen LogP) is 3.79. The molecule has 0 amide bonds. The van der Waals surface area contributed by atoms with Crippen LogP contribution in [0.15, 0.2) is 24.4 Å². The van der Waals surface area contributed by atoms with Gasteiger partial charge in [0, 0.05) is 36.4 Å². The van der Waals surface area contributed by atoms with E-state index in [2.05, 4.69) is 41.7 Å². The molecule has 0 aromatic carbocycles. The summed E-state index contributed by atoms with van der Waals surface area (Å²) in [6, 6.07) is 5.99. The first-order chi connectivity index (χ1) is 8.61. The lowest BCUT2D eigenvalue weighted by atomic mass is 10.2. The zero-order valence-electron chi connectivity index (χ0n) is 11.0. The van der Waals surface area contributed by atoms with Crippen molar-refractivity contribution in [3.05, 3.63) is 46.5 Å². The summed E-state index contributed by atoms with van der Waals surface area (Å²) < 4.78 is 2.32. The van der Waals surface area contributed by atoms with Crippen molar-refractivity contribution < 1.29 is 0 Å². The lowest BCUT2D eigenvalue weighted by molar-refractivity contribution is 0.715. The number of rotatable bonds is 4. The van der Waals surface area contributed by atoms with Crippen molar-refractivity contribution in [1.82, 2.24) is 9.55 Å². The summed E-state index contributed by atoms with van der Waals surface area (Å²) in [5, 5.41) is 3.88. The van der Waals surface area contributed by atoms with Gasteiger partial charge in [-0.2, -0.15) is 0 Å². The van der Waals surface area contributed by atoms with Crippen LogP contribution in [0.5, 0.6) is 0 Å². The molecule has 1 N–H and O–H groups in total. The molecule has 0 atom stereocenters. The third kappa shape index (κ3) is 2.67. The van der Waals surface area contributed by atoms with E-state index in [0.29, 0.717) is 5.15 Å². The largest absolute Gasteiger partial charge is 0.381 e. The van der Waals surface area contributed by atoms with E-state index in [-0.39, 0.29) is 0 Å². The summed E-state index contributed by atoms with van der Waals surface area (Å²) in [4.78, 5) is 3.97. The fourth-order valence-electron chi connectivity index (χ4n) is 2.25. The van der Waals surface area contributed by atoms with E-state index in [1.807, 2.05) is 12.1 Å². The number of aromatic nitrogens is 2. The number of hydrogen-bond donors (Lipinski definition) is 1. The van der Waals surface area contributed by atoms with E-state index in [9.17, 15) is 0 Å². The molecule has 0 fully saturated rings. The van der Waals surface area contributed by atoms with Crippen molar-refractivity contribution in [1.29, 1.82) is 0 Å². The molecule has 0 aliphatic heterocycles. The summed E-state index contributed by atoms with van der Waals surface area (Å²) in [6.45, 7) is 8.29. The summed E-state index contributed by atoms with van der Waals surface area (Å²) in [6.07, 6.45) is 1.71. The van der Waals surface area contributed by atoms with Crippen LogP contribution in [0.25, 0.3) is 0 Å². The average Bonchev–Trinajstić information content (AvgIpc) is 2.61. The molecule has 0 radical (unpaired) electrons. The molecule has 0 spiro atoms. The zero-order chi connectivity index (χ0) is 13.1. The maximum Gasteiger partial charge on any atom is 0.131 e. The van der Waals surface area contributed by atoms with Crippen LogP contribution in [-0.2, 0) is 13.1 Å². The Balaban J connectivity index is 2.11. The summed E-state index contributed by atoms with van der Waals surface area (Å²) in [5.74, 6) is 0. The monoisotopic (exact) mass is 263 g/mol. The fraction of sp³-hybridized carbons (Fsp3) is 0.357. The van der Waals surface area contributed by atoms with Gasteiger partial charge in [0.05, 0.1) is 0 Å². The first-order valence-corrected chi connectivity index (χ1v) is 6.50. The highest BCUT2D eigenvalue weighted by Crippen LogP contribution is 2.18. The van der Waals surface area contributed by atoms with Crippen LogP contribution in [0.2, 0.25) is 5.15 Å². The van der Waals surface area contributed by atoms with E-state index in [1.165, 1.54) is 17.0 Å². The molecule has 4 heteroatoms. The van der Waals surface area contributed by atoms with E-state index in [1.54, 1.807) is 6.20 Å². The van der Waals surface area contributed by atoms with Crippen LogP contribution < -0.4 is 5.32 Å². The van der Waals surface area contributed by atoms with Crippen LogP contribution in [0.1, 0.15) is 23.9 Å². The maximum atomic E-state index is 5.85. The van der Waals surface area contributed by atoms with Crippen molar-refractivity contribution in [2.45, 2.75) is 33.9 Å². The Morgan fingerprint density at radius 2 is 2.11 bits per heavy atom. The second kappa shape index (κ2) is 5.44. The molecule has 2 aromatic rings. The van der Waals surface area contributed by atoms with Gasteiger partial charge in [0.1, 0.15) is 5.15 Å². The first kappa shape index (κ1) is 13.0. The molecule has 0 saturated heterocycles. The Morgan fingerprint density at radius 1 is 1.33 bits per heavy atom. The van der Waals surface area contributed by atoms with Gasteiger partial charge in [0.15, 0.2) is 0 Å². The Hall–Kier alpha value is -1.48. The van der Waals surface area contributed by atoms with Crippen LogP contribution in [0, 0.1) is 13.8 Å². The third-order valence-electron chi connectivity index (χ3n) is 3.20. The van der Waals surface area contributed by atoms with Crippen LogP contribution >= 0.6 is 11.6 Å². The van der Waals surface area contributed by atoms with E-state index in [0.717, 1.165) is 18.8 Å². The van der Waals surface area contributed by atoms with Crippen LogP contribution in [0.3, 0.4) is 0 Å². The maximum absolute atomic E-state index is 5.85. The van der Waals surface area contributed by atoms with Gasteiger partial charge < -0.3 is 9.88 Å². The van der Waals surface area contributed by atoms with Gasteiger partial charge in [0.25, 0.3) is 0 Å². The van der Waals surface area contributed by atoms with Crippen LogP contribution in [-0.4, -0.2) is 9.55 Å². The van der Waals surface area contributed by atoms with Gasteiger partial charge in [-0.05, 0) is 44.5 Å². The molecule has 2 heterocycles. The Bertz CT molecular complexity index is 546. The first-order valence-electron chi connectivity index (χ1n) is 6.13. The Labute approximate surface area is 113 Å². The third-order valence-corrected chi connectivity index (χ3v) is 3.41. The number of nitrogens with one attached hydrogen (secondary N) is 1. The number of halogens is 1. The minimum Gasteiger partial charge on any atom is -0.381 e. The molecule has 2 rings (SSSR count). The van der Waals surface area contributed by atoms with Crippen molar-refractivity contribution in [3.63, 3.8) is 0 Å². The Kier molecular flexibility index (Phi) is 3.92. The van der Waals surface area contributed by atoms with Gasteiger partial charge in [-0.3, -0.25) is 0 Å². The average molecular weight is 264 g/mol. The summed E-state index contributed by atoms with van der Waals surface area (Å²) in [5.41, 5.74) is 4.95. The van der Waals surface area contributed by atoms with E-state index < -0.39 is 0 Å². The second-order valence-electron chi connectivity index (χ2n) is 4.36. The molecule has 3 nitrogen and oxygen atoms in total. The van der Waals surface area contributed by atoms with Crippen molar-refractivity contribution in [2.24, 2.45) is 0 Å². The lowest BCUT2D eigenvalue weighted by Gasteiger charge is -2.08. The minimum absolute atomic E-state index is 0.513. The van der Waals surface area contributed by atoms with E-state index in [4.69, 9.17) is 11.6 Å². The molecule has 0 aliphatic carbocycles. The SMILES string of the molecule is CCn1c(C)cc(CNc2ccnc(Cl)c2)c1C. The van der Waals surface area contributed by atoms with Crippen molar-refractivity contribution in [3.8, 4) is 0 Å². The van der Waals surface area contributed by atoms with Crippen LogP contribution in [0.4, 0.5) is 5.69 Å². The molecular formula is C14H18ClN3. The highest BCUT2D eigenvalue weighted by molar-refractivity contribution is 6.29.